The Labute approximate surface area is 175 Å². The van der Waals surface area contributed by atoms with Crippen molar-refractivity contribution >= 4 is 55.2 Å². The van der Waals surface area contributed by atoms with Crippen molar-refractivity contribution in [1.82, 2.24) is 0 Å². The molecule has 0 radical (unpaired) electrons. The Balaban J connectivity index is 1.63. The second-order valence-electron chi connectivity index (χ2n) is 7.27. The van der Waals surface area contributed by atoms with Crippen molar-refractivity contribution in [2.24, 2.45) is 5.41 Å². The van der Waals surface area contributed by atoms with Crippen LogP contribution in [0, 0.1) is 5.41 Å². The lowest BCUT2D eigenvalue weighted by atomic mass is 9.65. The van der Waals surface area contributed by atoms with Crippen LogP contribution in [0.2, 0.25) is 0 Å². The minimum absolute atomic E-state index is 0.239. The first kappa shape index (κ1) is 15.9. The van der Waals surface area contributed by atoms with E-state index in [1.54, 1.807) is 0 Å². The summed E-state index contributed by atoms with van der Waals surface area (Å²) in [5.41, 5.74) is 10.3. The Morgan fingerprint density at radius 2 is 1.04 bits per heavy atom. The van der Waals surface area contributed by atoms with Crippen LogP contribution in [-0.4, -0.2) is 0 Å². The van der Waals surface area contributed by atoms with Crippen LogP contribution in [0.25, 0.3) is 23.3 Å². The van der Waals surface area contributed by atoms with Crippen LogP contribution in [0.3, 0.4) is 0 Å². The van der Waals surface area contributed by atoms with E-state index in [1.165, 1.54) is 44.5 Å². The van der Waals surface area contributed by atoms with E-state index in [2.05, 4.69) is 117 Å². The van der Waals surface area contributed by atoms with Crippen LogP contribution in [0.1, 0.15) is 22.3 Å². The van der Waals surface area contributed by atoms with E-state index in [0.717, 1.165) is 8.96 Å². The molecule has 0 amide bonds. The highest BCUT2D eigenvalue weighted by molar-refractivity contribution is 9.12. The molecule has 2 heteroatoms. The van der Waals surface area contributed by atoms with Crippen molar-refractivity contribution < 1.29 is 0 Å². The summed E-state index contributed by atoms with van der Waals surface area (Å²) >= 11 is 7.63. The SMILES string of the molecule is BrC1=C2C(=Cc3ccccc32)C2(C=C1)C=CC(Br)=C1C2=Cc2ccccc21. The average Bonchev–Trinajstić information content (AvgIpc) is 3.28. The lowest BCUT2D eigenvalue weighted by Gasteiger charge is -2.38. The van der Waals surface area contributed by atoms with Gasteiger partial charge in [-0.1, -0.05) is 92.5 Å². The molecule has 4 aliphatic rings. The molecule has 0 heterocycles. The molecule has 0 aromatic heterocycles. The van der Waals surface area contributed by atoms with E-state index in [-0.39, 0.29) is 5.41 Å². The first-order valence-corrected chi connectivity index (χ1v) is 10.6. The predicted molar refractivity (Wildman–Crippen MR) is 121 cm³/mol. The van der Waals surface area contributed by atoms with Gasteiger partial charge in [-0.15, -0.1) is 0 Å². The quantitative estimate of drug-likeness (QED) is 0.371. The molecular formula is C25H14Br2. The number of benzene rings is 2. The zero-order valence-corrected chi connectivity index (χ0v) is 17.5. The zero-order valence-electron chi connectivity index (χ0n) is 14.3. The number of halogens is 2. The van der Waals surface area contributed by atoms with Gasteiger partial charge in [0.1, 0.15) is 0 Å². The van der Waals surface area contributed by atoms with Crippen LogP contribution in [0.15, 0.2) is 92.9 Å². The molecule has 0 unspecified atom stereocenters. The smallest absolute Gasteiger partial charge is 0.0583 e. The lowest BCUT2D eigenvalue weighted by molar-refractivity contribution is 0.753. The summed E-state index contributed by atoms with van der Waals surface area (Å²) in [6.45, 7) is 0. The topological polar surface area (TPSA) is 0 Å². The van der Waals surface area contributed by atoms with Crippen molar-refractivity contribution in [3.05, 3.63) is 115 Å². The second kappa shape index (κ2) is 5.43. The van der Waals surface area contributed by atoms with Gasteiger partial charge in [0.15, 0.2) is 0 Å². The van der Waals surface area contributed by atoms with Gasteiger partial charge in [-0.25, -0.2) is 0 Å². The Kier molecular flexibility index (Phi) is 3.19. The summed E-state index contributed by atoms with van der Waals surface area (Å²) in [6, 6.07) is 17.3. The maximum Gasteiger partial charge on any atom is 0.0583 e. The molecular weight excluding hydrogens is 460 g/mol. The highest BCUT2D eigenvalue weighted by atomic mass is 79.9. The van der Waals surface area contributed by atoms with Gasteiger partial charge in [0.05, 0.1) is 5.41 Å². The van der Waals surface area contributed by atoms with Gasteiger partial charge >= 0.3 is 0 Å². The summed E-state index contributed by atoms with van der Waals surface area (Å²) in [5.74, 6) is 0. The van der Waals surface area contributed by atoms with Gasteiger partial charge in [0.2, 0.25) is 0 Å². The van der Waals surface area contributed by atoms with Gasteiger partial charge < -0.3 is 0 Å². The molecule has 4 aliphatic carbocycles. The maximum absolute atomic E-state index is 3.82. The van der Waals surface area contributed by atoms with Crippen molar-refractivity contribution in [3.8, 4) is 0 Å². The Hall–Kier alpha value is -2.16. The van der Waals surface area contributed by atoms with Gasteiger partial charge in [-0.3, -0.25) is 0 Å². The number of rotatable bonds is 0. The molecule has 0 saturated carbocycles. The van der Waals surface area contributed by atoms with Gasteiger partial charge in [-0.2, -0.15) is 0 Å². The van der Waals surface area contributed by atoms with Gasteiger partial charge in [0.25, 0.3) is 0 Å². The Bertz CT molecular complexity index is 1130. The molecule has 1 spiro atoms. The highest BCUT2D eigenvalue weighted by Gasteiger charge is 2.45. The summed E-state index contributed by atoms with van der Waals surface area (Å²) in [5, 5.41) is 0. The fourth-order valence-electron chi connectivity index (χ4n) is 4.75. The van der Waals surface area contributed by atoms with E-state index in [9.17, 15) is 0 Å². The molecule has 0 nitrogen and oxygen atoms in total. The van der Waals surface area contributed by atoms with Crippen molar-refractivity contribution in [1.29, 1.82) is 0 Å². The van der Waals surface area contributed by atoms with Crippen LogP contribution in [-0.2, 0) is 0 Å². The molecule has 27 heavy (non-hydrogen) atoms. The van der Waals surface area contributed by atoms with E-state index in [1.807, 2.05) is 0 Å². The molecule has 2 aromatic rings. The molecule has 128 valence electrons. The monoisotopic (exact) mass is 472 g/mol. The van der Waals surface area contributed by atoms with Crippen LogP contribution in [0.4, 0.5) is 0 Å². The molecule has 0 fully saturated rings. The minimum atomic E-state index is -0.239. The summed E-state index contributed by atoms with van der Waals surface area (Å²) in [6.07, 6.45) is 13.8. The third kappa shape index (κ3) is 1.98. The third-order valence-electron chi connectivity index (χ3n) is 5.95. The van der Waals surface area contributed by atoms with Crippen LogP contribution >= 0.6 is 31.9 Å². The summed E-state index contributed by atoms with van der Waals surface area (Å²) < 4.78 is 2.31. The van der Waals surface area contributed by atoms with Crippen molar-refractivity contribution in [2.45, 2.75) is 0 Å². The number of hydrogen-bond acceptors (Lipinski definition) is 0. The first-order valence-electron chi connectivity index (χ1n) is 9.01. The Morgan fingerprint density at radius 3 is 1.52 bits per heavy atom. The van der Waals surface area contributed by atoms with E-state index in [0.29, 0.717) is 0 Å². The van der Waals surface area contributed by atoms with Gasteiger partial charge in [-0.05, 0) is 57.7 Å². The Morgan fingerprint density at radius 1 is 0.593 bits per heavy atom. The van der Waals surface area contributed by atoms with Crippen molar-refractivity contribution in [2.75, 3.05) is 0 Å². The maximum atomic E-state index is 3.82. The van der Waals surface area contributed by atoms with Crippen LogP contribution < -0.4 is 0 Å². The van der Waals surface area contributed by atoms with Gasteiger partial charge in [0, 0.05) is 20.1 Å². The molecule has 0 atom stereocenters. The standard InChI is InChI=1S/C25H14Br2/c26-21-9-11-25(19-13-15-5-1-3-7-17(15)23(19)21)12-10-22(27)24-18-8-4-2-6-16(18)14-20(24)25/h1-14H. The normalized spacial score (nSPS) is 20.4. The number of allylic oxidation sites excluding steroid dienone is 10. The molecule has 0 N–H and O–H groups in total. The summed E-state index contributed by atoms with van der Waals surface area (Å²) in [4.78, 5) is 0. The lowest BCUT2D eigenvalue weighted by Crippen LogP contribution is -2.25. The zero-order chi connectivity index (χ0) is 18.2. The first-order chi connectivity index (χ1) is 13.2. The average molecular weight is 474 g/mol. The highest BCUT2D eigenvalue weighted by Crippen LogP contribution is 2.61. The third-order valence-corrected chi connectivity index (χ3v) is 7.27. The predicted octanol–water partition coefficient (Wildman–Crippen LogP) is 7.52. The van der Waals surface area contributed by atoms with E-state index in [4.69, 9.17) is 0 Å². The molecule has 2 aromatic carbocycles. The number of hydrogen-bond donors (Lipinski definition) is 0. The summed E-state index contributed by atoms with van der Waals surface area (Å²) in [7, 11) is 0. The fraction of sp³-hybridized carbons (Fsp3) is 0.0400. The molecule has 6 rings (SSSR count). The molecule has 0 bridgehead atoms. The molecule has 0 saturated heterocycles. The van der Waals surface area contributed by atoms with Crippen molar-refractivity contribution in [3.63, 3.8) is 0 Å². The molecule has 0 aliphatic heterocycles. The largest absolute Gasteiger partial charge is 0.0646 e. The second-order valence-corrected chi connectivity index (χ2v) is 8.98. The van der Waals surface area contributed by atoms with Crippen LogP contribution in [0.5, 0.6) is 0 Å². The fourth-order valence-corrected chi connectivity index (χ4v) is 5.87. The van der Waals surface area contributed by atoms with E-state index >= 15 is 0 Å². The number of fused-ring (bicyclic) bond motifs is 8. The minimum Gasteiger partial charge on any atom is -0.0646 e. The van der Waals surface area contributed by atoms with E-state index < -0.39 is 0 Å².